The Balaban J connectivity index is 1.63. The van der Waals surface area contributed by atoms with Crippen LogP contribution in [0.25, 0.3) is 11.3 Å². The van der Waals surface area contributed by atoms with Gasteiger partial charge in [0, 0.05) is 38.3 Å². The van der Waals surface area contributed by atoms with E-state index in [9.17, 15) is 0 Å². The molecule has 4 rings (SSSR count). The largest absolute Gasteiger partial charge is 0.329 e. The Hall–Kier alpha value is -2.14. The highest BCUT2D eigenvalue weighted by molar-refractivity contribution is 6.33. The summed E-state index contributed by atoms with van der Waals surface area (Å²) in [5.41, 5.74) is 12.1. The Morgan fingerprint density at radius 1 is 1.12 bits per heavy atom. The van der Waals surface area contributed by atoms with Crippen LogP contribution in [0.4, 0.5) is 0 Å². The molecule has 25 heavy (non-hydrogen) atoms. The fraction of sp³-hybridized carbons (Fsp3) is 0.250. The van der Waals surface area contributed by atoms with Gasteiger partial charge in [0.1, 0.15) is 0 Å². The number of nitrogens with zero attached hydrogens (tertiary/aromatic N) is 3. The van der Waals surface area contributed by atoms with Crippen LogP contribution >= 0.6 is 11.6 Å². The fourth-order valence-corrected chi connectivity index (χ4v) is 3.97. The maximum atomic E-state index is 6.30. The molecule has 0 unspecified atom stereocenters. The van der Waals surface area contributed by atoms with Crippen molar-refractivity contribution in [3.63, 3.8) is 0 Å². The fourth-order valence-electron chi connectivity index (χ4n) is 3.70. The van der Waals surface area contributed by atoms with Crippen LogP contribution in [0.2, 0.25) is 5.02 Å². The van der Waals surface area contributed by atoms with Crippen LogP contribution in [0.5, 0.6) is 0 Å². The van der Waals surface area contributed by atoms with Crippen LogP contribution in [0, 0.1) is 0 Å². The second-order valence-electron chi connectivity index (χ2n) is 6.52. The molecule has 1 atom stereocenters. The number of rotatable bonds is 4. The molecule has 1 aliphatic heterocycles. The van der Waals surface area contributed by atoms with Crippen molar-refractivity contribution in [3.8, 4) is 11.3 Å². The van der Waals surface area contributed by atoms with Crippen LogP contribution in [0.15, 0.2) is 54.7 Å². The number of hydrogen-bond acceptors (Lipinski definition) is 3. The number of aromatic nitrogens is 2. The summed E-state index contributed by atoms with van der Waals surface area (Å²) >= 11 is 6.30. The molecule has 2 aromatic carbocycles. The number of fused-ring (bicyclic) bond motifs is 1. The van der Waals surface area contributed by atoms with Crippen molar-refractivity contribution in [2.24, 2.45) is 12.8 Å². The third kappa shape index (κ3) is 2.97. The average molecular weight is 353 g/mol. The molecule has 0 spiro atoms. The minimum absolute atomic E-state index is 0.234. The molecule has 0 bridgehead atoms. The molecule has 0 fully saturated rings. The lowest BCUT2D eigenvalue weighted by molar-refractivity contribution is 0.205. The second kappa shape index (κ2) is 6.64. The molecule has 1 aromatic heterocycles. The zero-order valence-electron chi connectivity index (χ0n) is 14.2. The van der Waals surface area contributed by atoms with E-state index in [-0.39, 0.29) is 6.04 Å². The van der Waals surface area contributed by atoms with E-state index in [1.807, 2.05) is 17.8 Å². The number of halogens is 1. The minimum Gasteiger partial charge on any atom is -0.329 e. The number of hydrogen-bond donors (Lipinski definition) is 1. The van der Waals surface area contributed by atoms with Crippen molar-refractivity contribution in [1.29, 1.82) is 0 Å². The van der Waals surface area contributed by atoms with Crippen LogP contribution in [-0.2, 0) is 20.1 Å². The molecular formula is C20H21ClN4. The van der Waals surface area contributed by atoms with Gasteiger partial charge in [-0.25, -0.2) is 0 Å². The summed E-state index contributed by atoms with van der Waals surface area (Å²) in [6.07, 6.45) is 1.69. The first-order chi connectivity index (χ1) is 12.2. The monoisotopic (exact) mass is 352 g/mol. The first kappa shape index (κ1) is 16.3. The van der Waals surface area contributed by atoms with E-state index < -0.39 is 0 Å². The van der Waals surface area contributed by atoms with Gasteiger partial charge >= 0.3 is 0 Å². The minimum atomic E-state index is 0.234. The first-order valence-corrected chi connectivity index (χ1v) is 8.84. The van der Waals surface area contributed by atoms with E-state index in [2.05, 4.69) is 52.5 Å². The molecule has 1 aliphatic rings. The summed E-state index contributed by atoms with van der Waals surface area (Å²) in [6, 6.07) is 17.3. The van der Waals surface area contributed by atoms with Gasteiger partial charge in [0.2, 0.25) is 0 Å². The van der Waals surface area contributed by atoms with Crippen molar-refractivity contribution < 1.29 is 0 Å². The maximum Gasteiger partial charge on any atom is 0.0865 e. The van der Waals surface area contributed by atoms with Gasteiger partial charge in [-0.15, -0.1) is 0 Å². The Labute approximate surface area is 152 Å². The van der Waals surface area contributed by atoms with Gasteiger partial charge < -0.3 is 5.73 Å². The van der Waals surface area contributed by atoms with E-state index in [1.165, 1.54) is 16.7 Å². The van der Waals surface area contributed by atoms with Gasteiger partial charge in [0.05, 0.1) is 16.9 Å². The lowest BCUT2D eigenvalue weighted by Gasteiger charge is -2.26. The lowest BCUT2D eigenvalue weighted by Crippen LogP contribution is -2.29. The highest BCUT2D eigenvalue weighted by Crippen LogP contribution is 2.35. The van der Waals surface area contributed by atoms with Crippen LogP contribution in [0.3, 0.4) is 0 Å². The maximum absolute atomic E-state index is 6.30. The Morgan fingerprint density at radius 3 is 2.56 bits per heavy atom. The quantitative estimate of drug-likeness (QED) is 0.777. The van der Waals surface area contributed by atoms with Gasteiger partial charge in [-0.1, -0.05) is 54.1 Å². The Bertz CT molecular complexity index is 868. The molecule has 0 amide bonds. The molecule has 4 nitrogen and oxygen atoms in total. The van der Waals surface area contributed by atoms with Gasteiger partial charge in [-0.3, -0.25) is 9.58 Å². The zero-order chi connectivity index (χ0) is 17.4. The van der Waals surface area contributed by atoms with Crippen molar-refractivity contribution >= 4 is 11.6 Å². The van der Waals surface area contributed by atoms with Crippen LogP contribution in [0.1, 0.15) is 22.7 Å². The molecule has 0 aliphatic carbocycles. The molecule has 0 saturated carbocycles. The second-order valence-corrected chi connectivity index (χ2v) is 6.92. The highest BCUT2D eigenvalue weighted by atomic mass is 35.5. The molecule has 5 heteroatoms. The van der Waals surface area contributed by atoms with Crippen molar-refractivity contribution in [2.45, 2.75) is 19.1 Å². The van der Waals surface area contributed by atoms with E-state index in [0.29, 0.717) is 11.6 Å². The van der Waals surface area contributed by atoms with E-state index in [0.717, 1.165) is 24.3 Å². The van der Waals surface area contributed by atoms with E-state index in [4.69, 9.17) is 17.3 Å². The normalized spacial score (nSPS) is 15.3. The van der Waals surface area contributed by atoms with Crippen molar-refractivity contribution in [3.05, 3.63) is 76.4 Å². The van der Waals surface area contributed by atoms with Gasteiger partial charge in [0.15, 0.2) is 0 Å². The molecule has 128 valence electrons. The SMILES string of the molecule is Cn1ncc(Cl)c1-c1ccc2c(c1)CN([C@@H](CN)c1ccccc1)C2. The molecule has 0 saturated heterocycles. The predicted molar refractivity (Wildman–Crippen MR) is 101 cm³/mol. The van der Waals surface area contributed by atoms with Crippen LogP contribution < -0.4 is 5.73 Å². The summed E-state index contributed by atoms with van der Waals surface area (Å²) in [4.78, 5) is 2.44. The summed E-state index contributed by atoms with van der Waals surface area (Å²) in [6.45, 7) is 2.43. The smallest absolute Gasteiger partial charge is 0.0865 e. The van der Waals surface area contributed by atoms with Gasteiger partial charge in [-0.05, 0) is 22.8 Å². The number of benzene rings is 2. The summed E-state index contributed by atoms with van der Waals surface area (Å²) in [5, 5.41) is 4.92. The number of nitrogens with two attached hydrogens (primary N) is 1. The lowest BCUT2D eigenvalue weighted by atomic mass is 10.0. The summed E-state index contributed by atoms with van der Waals surface area (Å²) in [7, 11) is 1.92. The third-order valence-corrected chi connectivity index (χ3v) is 5.25. The molecule has 3 aromatic rings. The van der Waals surface area contributed by atoms with Crippen molar-refractivity contribution in [1.82, 2.24) is 14.7 Å². The van der Waals surface area contributed by atoms with E-state index in [1.54, 1.807) is 6.20 Å². The predicted octanol–water partition coefficient (Wildman–Crippen LogP) is 3.76. The number of aryl methyl sites for hydroxylation is 1. The average Bonchev–Trinajstić information content (AvgIpc) is 3.19. The van der Waals surface area contributed by atoms with Crippen LogP contribution in [-0.4, -0.2) is 21.2 Å². The van der Waals surface area contributed by atoms with E-state index >= 15 is 0 Å². The standard InChI is InChI=1S/C20H21ClN4/c1-24-20(18(21)11-23-24)15-7-8-16-12-25(13-17(16)9-15)19(10-22)14-5-3-2-4-6-14/h2-9,11,19H,10,12-13,22H2,1H3/t19-/m0/s1. The third-order valence-electron chi connectivity index (χ3n) is 4.97. The molecule has 2 heterocycles. The zero-order valence-corrected chi connectivity index (χ0v) is 14.9. The van der Waals surface area contributed by atoms with Gasteiger partial charge in [0.25, 0.3) is 0 Å². The van der Waals surface area contributed by atoms with Gasteiger partial charge in [-0.2, -0.15) is 5.10 Å². The Kier molecular flexibility index (Phi) is 4.34. The molecule has 2 N–H and O–H groups in total. The Morgan fingerprint density at radius 2 is 1.88 bits per heavy atom. The first-order valence-electron chi connectivity index (χ1n) is 8.46. The highest BCUT2D eigenvalue weighted by Gasteiger charge is 2.26. The summed E-state index contributed by atoms with van der Waals surface area (Å²) < 4.78 is 1.82. The molecular weight excluding hydrogens is 332 g/mol. The molecule has 0 radical (unpaired) electrons. The summed E-state index contributed by atoms with van der Waals surface area (Å²) in [5.74, 6) is 0. The van der Waals surface area contributed by atoms with Crippen molar-refractivity contribution in [2.75, 3.05) is 6.54 Å². The topological polar surface area (TPSA) is 47.1 Å².